The number of hydrogen-bond donors (Lipinski definition) is 1. The Kier molecular flexibility index (Phi) is 3.99. The number of benzene rings is 1. The Morgan fingerprint density at radius 3 is 2.81 bits per heavy atom. The second kappa shape index (κ2) is 5.92. The molecule has 5 heteroatoms. The minimum Gasteiger partial charge on any atom is -0.494 e. The van der Waals surface area contributed by atoms with E-state index in [1.165, 1.54) is 45.3 Å². The second-order valence-electron chi connectivity index (χ2n) is 5.89. The third kappa shape index (κ3) is 2.82. The van der Waals surface area contributed by atoms with Crippen LogP contribution < -0.4 is 10.5 Å². The zero-order chi connectivity index (χ0) is 14.8. The lowest BCUT2D eigenvalue weighted by Crippen LogP contribution is -2.11. The highest BCUT2D eigenvalue weighted by molar-refractivity contribution is 5.80. The molecule has 0 saturated heterocycles. The van der Waals surface area contributed by atoms with Gasteiger partial charge in [0.25, 0.3) is 0 Å². The van der Waals surface area contributed by atoms with E-state index in [2.05, 4.69) is 4.98 Å². The van der Waals surface area contributed by atoms with Gasteiger partial charge >= 0.3 is 0 Å². The Balaban J connectivity index is 1.84. The molecular weight excluding hydrogens is 269 g/mol. The topological polar surface area (TPSA) is 53.1 Å². The first-order chi connectivity index (χ1) is 10.2. The number of nitrogens with two attached hydrogens (primary N) is 1. The lowest BCUT2D eigenvalue weighted by Gasteiger charge is -2.21. The van der Waals surface area contributed by atoms with Gasteiger partial charge in [0.05, 0.1) is 18.1 Å². The summed E-state index contributed by atoms with van der Waals surface area (Å²) in [5.41, 5.74) is 7.44. The minimum atomic E-state index is -0.401. The third-order valence-corrected chi connectivity index (χ3v) is 4.54. The second-order valence-corrected chi connectivity index (χ2v) is 5.89. The van der Waals surface area contributed by atoms with Gasteiger partial charge in [-0.25, -0.2) is 9.37 Å². The molecular formula is C16H22FN3O. The van der Waals surface area contributed by atoms with Crippen LogP contribution >= 0.6 is 0 Å². The minimum absolute atomic E-state index is 0.237. The molecule has 0 bridgehead atoms. The summed E-state index contributed by atoms with van der Waals surface area (Å²) in [6, 6.07) is 3.08. The molecule has 0 unspecified atom stereocenters. The van der Waals surface area contributed by atoms with Crippen LogP contribution in [0.2, 0.25) is 0 Å². The Bertz CT molecular complexity index is 632. The fourth-order valence-electron chi connectivity index (χ4n) is 3.32. The number of hydrogen-bond acceptors (Lipinski definition) is 3. The van der Waals surface area contributed by atoms with Crippen LogP contribution in [0.3, 0.4) is 0 Å². The van der Waals surface area contributed by atoms with E-state index in [0.717, 1.165) is 24.4 Å². The molecule has 0 radical (unpaired) electrons. The summed E-state index contributed by atoms with van der Waals surface area (Å²) in [5.74, 6) is 1.06. The van der Waals surface area contributed by atoms with Crippen molar-refractivity contribution in [2.24, 2.45) is 5.92 Å². The van der Waals surface area contributed by atoms with Crippen LogP contribution in [0.4, 0.5) is 10.3 Å². The molecule has 1 heterocycles. The molecule has 114 valence electrons. The normalized spacial score (nSPS) is 16.5. The van der Waals surface area contributed by atoms with Crippen LogP contribution in [0.15, 0.2) is 12.1 Å². The number of fused-ring (bicyclic) bond motifs is 1. The van der Waals surface area contributed by atoms with E-state index in [4.69, 9.17) is 10.5 Å². The fraction of sp³-hybridized carbons (Fsp3) is 0.562. The Morgan fingerprint density at radius 2 is 2.10 bits per heavy atom. The van der Waals surface area contributed by atoms with Gasteiger partial charge in [-0.3, -0.25) is 0 Å². The molecule has 0 atom stereocenters. The predicted octanol–water partition coefficient (Wildman–Crippen LogP) is 3.74. The van der Waals surface area contributed by atoms with E-state index in [9.17, 15) is 4.39 Å². The first-order valence-corrected chi connectivity index (χ1v) is 7.68. The molecule has 2 N–H and O–H groups in total. The number of halogens is 1. The van der Waals surface area contributed by atoms with Crippen molar-refractivity contribution in [3.8, 4) is 5.75 Å². The van der Waals surface area contributed by atoms with E-state index in [-0.39, 0.29) is 5.75 Å². The summed E-state index contributed by atoms with van der Waals surface area (Å²) in [7, 11) is 1.47. The van der Waals surface area contributed by atoms with Crippen LogP contribution in [-0.4, -0.2) is 16.7 Å². The monoisotopic (exact) mass is 291 g/mol. The van der Waals surface area contributed by atoms with E-state index >= 15 is 0 Å². The van der Waals surface area contributed by atoms with Crippen molar-refractivity contribution in [3.63, 3.8) is 0 Å². The number of methoxy groups -OCH3 is 1. The molecule has 3 rings (SSSR count). The number of nitrogens with zero attached hydrogens (tertiary/aromatic N) is 2. The van der Waals surface area contributed by atoms with E-state index in [1.807, 2.05) is 4.57 Å². The van der Waals surface area contributed by atoms with Crippen molar-refractivity contribution in [3.05, 3.63) is 17.9 Å². The molecule has 4 nitrogen and oxygen atoms in total. The van der Waals surface area contributed by atoms with Crippen LogP contribution in [0.25, 0.3) is 11.0 Å². The molecule has 21 heavy (non-hydrogen) atoms. The highest BCUT2D eigenvalue weighted by atomic mass is 19.1. The number of rotatable bonds is 4. The van der Waals surface area contributed by atoms with Crippen molar-refractivity contribution in [2.45, 2.75) is 45.1 Å². The lowest BCUT2D eigenvalue weighted by atomic mass is 9.87. The van der Waals surface area contributed by atoms with Gasteiger partial charge in [0.2, 0.25) is 5.95 Å². The highest BCUT2D eigenvalue weighted by Crippen LogP contribution is 2.30. The standard InChI is InChI=1S/C16H22FN3O/c1-21-15-10-14-13(9-12(15)17)19-16(18)20(14)8-7-11-5-3-2-4-6-11/h9-11H,2-8H2,1H3,(H2,18,19). The maximum Gasteiger partial charge on any atom is 0.201 e. The first-order valence-electron chi connectivity index (χ1n) is 7.68. The smallest absolute Gasteiger partial charge is 0.201 e. The third-order valence-electron chi connectivity index (χ3n) is 4.54. The van der Waals surface area contributed by atoms with Gasteiger partial charge in [-0.2, -0.15) is 0 Å². The van der Waals surface area contributed by atoms with Gasteiger partial charge in [-0.1, -0.05) is 32.1 Å². The fourth-order valence-corrected chi connectivity index (χ4v) is 3.32. The summed E-state index contributed by atoms with van der Waals surface area (Å²) >= 11 is 0. The van der Waals surface area contributed by atoms with E-state index < -0.39 is 5.82 Å². The van der Waals surface area contributed by atoms with Gasteiger partial charge in [0, 0.05) is 18.7 Å². The zero-order valence-corrected chi connectivity index (χ0v) is 12.4. The quantitative estimate of drug-likeness (QED) is 0.933. The average Bonchev–Trinajstić information content (AvgIpc) is 2.79. The van der Waals surface area contributed by atoms with Gasteiger partial charge < -0.3 is 15.0 Å². The molecule has 2 aromatic rings. The zero-order valence-electron chi connectivity index (χ0n) is 12.4. The highest BCUT2D eigenvalue weighted by Gasteiger charge is 2.16. The van der Waals surface area contributed by atoms with Crippen LogP contribution in [-0.2, 0) is 6.54 Å². The Hall–Kier alpha value is -1.78. The van der Waals surface area contributed by atoms with Gasteiger partial charge in [0.1, 0.15) is 0 Å². The van der Waals surface area contributed by atoms with Gasteiger partial charge in [-0.15, -0.1) is 0 Å². The molecule has 0 aliphatic heterocycles. The predicted molar refractivity (Wildman–Crippen MR) is 81.8 cm³/mol. The molecule has 1 fully saturated rings. The number of ether oxygens (including phenoxy) is 1. The van der Waals surface area contributed by atoms with Crippen molar-refractivity contribution in [1.29, 1.82) is 0 Å². The molecule has 1 aromatic carbocycles. The summed E-state index contributed by atoms with van der Waals surface area (Å²) in [6.45, 7) is 0.835. The van der Waals surface area contributed by atoms with Gasteiger partial charge in [-0.05, 0) is 12.3 Å². The summed E-state index contributed by atoms with van der Waals surface area (Å²) in [4.78, 5) is 4.26. The van der Waals surface area contributed by atoms with Crippen LogP contribution in [0.5, 0.6) is 5.75 Å². The summed E-state index contributed by atoms with van der Waals surface area (Å²) < 4.78 is 20.8. The maximum atomic E-state index is 13.7. The molecule has 1 aliphatic carbocycles. The van der Waals surface area contributed by atoms with Crippen molar-refractivity contribution >= 4 is 17.0 Å². The number of imidazole rings is 1. The molecule has 1 aliphatic rings. The number of aryl methyl sites for hydroxylation is 1. The Labute approximate surface area is 124 Å². The number of anilines is 1. The largest absolute Gasteiger partial charge is 0.494 e. The van der Waals surface area contributed by atoms with Crippen molar-refractivity contribution < 1.29 is 9.13 Å². The lowest BCUT2D eigenvalue weighted by molar-refractivity contribution is 0.326. The van der Waals surface area contributed by atoms with E-state index in [1.54, 1.807) is 6.07 Å². The molecule has 1 aromatic heterocycles. The SMILES string of the molecule is COc1cc2c(cc1F)nc(N)n2CCC1CCCCC1. The number of aromatic nitrogens is 2. The first kappa shape index (κ1) is 14.2. The Morgan fingerprint density at radius 1 is 1.33 bits per heavy atom. The van der Waals surface area contributed by atoms with Crippen LogP contribution in [0.1, 0.15) is 38.5 Å². The van der Waals surface area contributed by atoms with Gasteiger partial charge in [0.15, 0.2) is 11.6 Å². The summed E-state index contributed by atoms with van der Waals surface area (Å²) in [5, 5.41) is 0. The maximum absolute atomic E-state index is 13.7. The van der Waals surface area contributed by atoms with Crippen molar-refractivity contribution in [1.82, 2.24) is 9.55 Å². The molecule has 0 spiro atoms. The number of nitrogen functional groups attached to an aromatic ring is 1. The van der Waals surface area contributed by atoms with E-state index in [0.29, 0.717) is 11.5 Å². The average molecular weight is 291 g/mol. The molecule has 0 amide bonds. The van der Waals surface area contributed by atoms with Crippen LogP contribution in [0, 0.1) is 11.7 Å². The molecule has 1 saturated carbocycles. The summed E-state index contributed by atoms with van der Waals surface area (Å²) in [6.07, 6.45) is 7.77. The van der Waals surface area contributed by atoms with Crippen molar-refractivity contribution in [2.75, 3.05) is 12.8 Å².